The molecule has 1 aliphatic rings. The second-order valence-electron chi connectivity index (χ2n) is 5.89. The summed E-state index contributed by atoms with van der Waals surface area (Å²) in [6.45, 7) is 2.82. The summed E-state index contributed by atoms with van der Waals surface area (Å²) in [5.74, 6) is -0.580. The number of nitrogens with zero attached hydrogens (tertiary/aromatic N) is 5. The van der Waals surface area contributed by atoms with Gasteiger partial charge in [-0.15, -0.1) is 5.10 Å². The van der Waals surface area contributed by atoms with Gasteiger partial charge in [0.15, 0.2) is 12.4 Å². The molecule has 26 heavy (non-hydrogen) atoms. The van der Waals surface area contributed by atoms with Crippen LogP contribution in [0.3, 0.4) is 0 Å². The summed E-state index contributed by atoms with van der Waals surface area (Å²) in [6, 6.07) is 6.70. The van der Waals surface area contributed by atoms with Gasteiger partial charge in [-0.1, -0.05) is 19.1 Å². The van der Waals surface area contributed by atoms with Crippen molar-refractivity contribution in [3.05, 3.63) is 41.2 Å². The summed E-state index contributed by atoms with van der Waals surface area (Å²) >= 11 is 0. The van der Waals surface area contributed by atoms with E-state index in [1.54, 1.807) is 28.9 Å². The van der Waals surface area contributed by atoms with Crippen LogP contribution < -0.4 is 0 Å². The number of benzene rings is 1. The summed E-state index contributed by atoms with van der Waals surface area (Å²) in [5, 5.41) is 11.2. The zero-order valence-electron chi connectivity index (χ0n) is 14.4. The number of aromatic nitrogens is 4. The number of fused-ring (bicyclic) bond motifs is 1. The number of hydrogen-bond acceptors (Lipinski definition) is 7. The molecule has 9 heteroatoms. The van der Waals surface area contributed by atoms with Gasteiger partial charge in [-0.05, 0) is 35.4 Å². The predicted octanol–water partition coefficient (Wildman–Crippen LogP) is 1.20. The summed E-state index contributed by atoms with van der Waals surface area (Å²) in [4.78, 5) is 37.5. The Morgan fingerprint density at radius 2 is 1.81 bits per heavy atom. The summed E-state index contributed by atoms with van der Waals surface area (Å²) in [6.07, 6.45) is 1.30. The molecule has 0 bridgehead atoms. The van der Waals surface area contributed by atoms with E-state index in [1.165, 1.54) is 4.90 Å². The molecule has 0 radical (unpaired) electrons. The molecule has 0 fully saturated rings. The van der Waals surface area contributed by atoms with Crippen LogP contribution in [0.1, 0.15) is 52.7 Å². The summed E-state index contributed by atoms with van der Waals surface area (Å²) in [7, 11) is 0. The number of carbonyl (C=O) groups is 3. The highest BCUT2D eigenvalue weighted by Crippen LogP contribution is 2.22. The lowest BCUT2D eigenvalue weighted by molar-refractivity contribution is -0.145. The topological polar surface area (TPSA) is 107 Å². The van der Waals surface area contributed by atoms with E-state index in [1.807, 2.05) is 6.92 Å². The minimum Gasteiger partial charge on any atom is -0.457 e. The highest BCUT2D eigenvalue weighted by Gasteiger charge is 2.34. The van der Waals surface area contributed by atoms with Gasteiger partial charge in [0.2, 0.25) is 0 Å². The van der Waals surface area contributed by atoms with E-state index < -0.39 is 5.97 Å². The Morgan fingerprint density at radius 3 is 2.46 bits per heavy atom. The molecule has 0 saturated heterocycles. The van der Waals surface area contributed by atoms with Crippen LogP contribution in [0.5, 0.6) is 0 Å². The van der Waals surface area contributed by atoms with Gasteiger partial charge in [-0.25, -0.2) is 4.68 Å². The molecule has 0 N–H and O–H groups in total. The van der Waals surface area contributed by atoms with E-state index in [9.17, 15) is 14.4 Å². The third-order valence-electron chi connectivity index (χ3n) is 4.04. The molecule has 0 unspecified atom stereocenters. The van der Waals surface area contributed by atoms with Gasteiger partial charge in [0, 0.05) is 19.5 Å². The Kier molecular flexibility index (Phi) is 5.35. The number of amides is 2. The van der Waals surface area contributed by atoms with Crippen molar-refractivity contribution in [1.29, 1.82) is 0 Å². The molecule has 0 saturated carbocycles. The van der Waals surface area contributed by atoms with Gasteiger partial charge in [0.25, 0.3) is 11.8 Å². The number of tetrazole rings is 1. The number of imide groups is 1. The van der Waals surface area contributed by atoms with Crippen molar-refractivity contribution in [2.75, 3.05) is 6.54 Å². The van der Waals surface area contributed by atoms with Crippen molar-refractivity contribution in [1.82, 2.24) is 25.1 Å². The summed E-state index contributed by atoms with van der Waals surface area (Å²) < 4.78 is 6.75. The van der Waals surface area contributed by atoms with Crippen LogP contribution in [0.4, 0.5) is 0 Å². The van der Waals surface area contributed by atoms with Crippen molar-refractivity contribution >= 4 is 17.8 Å². The van der Waals surface area contributed by atoms with Crippen molar-refractivity contribution in [2.24, 2.45) is 0 Å². The minimum absolute atomic E-state index is 0.00114. The predicted molar refractivity (Wildman–Crippen MR) is 88.9 cm³/mol. The first-order chi connectivity index (χ1) is 12.6. The quantitative estimate of drug-likeness (QED) is 0.516. The molecular weight excluding hydrogens is 338 g/mol. The second-order valence-corrected chi connectivity index (χ2v) is 5.89. The summed E-state index contributed by atoms with van der Waals surface area (Å²) in [5.41, 5.74) is 0.811. The Labute approximate surface area is 149 Å². The highest BCUT2D eigenvalue weighted by atomic mass is 16.5. The maximum Gasteiger partial charge on any atom is 0.306 e. The monoisotopic (exact) mass is 357 g/mol. The van der Waals surface area contributed by atoms with Crippen molar-refractivity contribution in [3.8, 4) is 0 Å². The van der Waals surface area contributed by atoms with Gasteiger partial charge in [0.05, 0.1) is 11.1 Å². The standard InChI is InChI=1S/C17H19N5O4/c1-2-9-22-14(18-19-20-22)11-26-15(23)8-5-10-21-16(24)12-6-3-4-7-13(12)17(21)25/h3-4,6-7H,2,5,8-11H2,1H3. The first-order valence-electron chi connectivity index (χ1n) is 8.47. The van der Waals surface area contributed by atoms with Crippen LogP contribution in [-0.2, 0) is 22.7 Å². The molecule has 9 nitrogen and oxygen atoms in total. The molecule has 1 aliphatic heterocycles. The van der Waals surface area contributed by atoms with Gasteiger partial charge in [-0.2, -0.15) is 0 Å². The lowest BCUT2D eigenvalue weighted by Crippen LogP contribution is -2.31. The maximum absolute atomic E-state index is 12.2. The SMILES string of the molecule is CCCn1nnnc1COC(=O)CCCN1C(=O)c2ccccc2C1=O. The van der Waals surface area contributed by atoms with E-state index in [4.69, 9.17) is 4.74 Å². The van der Waals surface area contributed by atoms with Gasteiger partial charge in [0.1, 0.15) is 0 Å². The first-order valence-corrected chi connectivity index (χ1v) is 8.47. The molecule has 3 rings (SSSR count). The Bertz CT molecular complexity index is 797. The van der Waals surface area contributed by atoms with Gasteiger partial charge < -0.3 is 4.74 Å². The van der Waals surface area contributed by atoms with Crippen LogP contribution in [0.2, 0.25) is 0 Å². The van der Waals surface area contributed by atoms with Crippen LogP contribution in [0.25, 0.3) is 0 Å². The number of ether oxygens (including phenoxy) is 1. The lowest BCUT2D eigenvalue weighted by Gasteiger charge is -2.13. The average molecular weight is 357 g/mol. The molecule has 1 aromatic carbocycles. The number of esters is 1. The van der Waals surface area contributed by atoms with E-state index in [0.29, 0.717) is 29.9 Å². The fraction of sp³-hybridized carbons (Fsp3) is 0.412. The zero-order valence-corrected chi connectivity index (χ0v) is 14.4. The minimum atomic E-state index is -0.423. The van der Waals surface area contributed by atoms with Crippen molar-refractivity contribution in [2.45, 2.75) is 39.3 Å². The molecule has 2 aromatic rings. The van der Waals surface area contributed by atoms with E-state index in [2.05, 4.69) is 15.5 Å². The smallest absolute Gasteiger partial charge is 0.306 e. The molecule has 0 aliphatic carbocycles. The van der Waals surface area contributed by atoms with Crippen LogP contribution in [0.15, 0.2) is 24.3 Å². The third kappa shape index (κ3) is 3.61. The first kappa shape index (κ1) is 17.7. The Hall–Kier alpha value is -3.10. The van der Waals surface area contributed by atoms with Gasteiger partial charge >= 0.3 is 5.97 Å². The number of aryl methyl sites for hydroxylation is 1. The van der Waals surface area contributed by atoms with E-state index in [0.717, 1.165) is 6.42 Å². The molecule has 0 atom stereocenters. The number of carbonyl (C=O) groups excluding carboxylic acids is 3. The number of hydrogen-bond donors (Lipinski definition) is 0. The van der Waals surface area contributed by atoms with Crippen molar-refractivity contribution in [3.63, 3.8) is 0 Å². The van der Waals surface area contributed by atoms with Crippen molar-refractivity contribution < 1.29 is 19.1 Å². The van der Waals surface area contributed by atoms with E-state index in [-0.39, 0.29) is 31.4 Å². The van der Waals surface area contributed by atoms with Crippen LogP contribution >= 0.6 is 0 Å². The fourth-order valence-electron chi connectivity index (χ4n) is 2.75. The van der Waals surface area contributed by atoms with Gasteiger partial charge in [-0.3, -0.25) is 19.3 Å². The third-order valence-corrected chi connectivity index (χ3v) is 4.04. The molecule has 0 spiro atoms. The normalized spacial score (nSPS) is 13.2. The maximum atomic E-state index is 12.2. The largest absolute Gasteiger partial charge is 0.457 e. The number of rotatable bonds is 8. The zero-order chi connectivity index (χ0) is 18.5. The molecule has 136 valence electrons. The fourth-order valence-corrected chi connectivity index (χ4v) is 2.75. The second kappa shape index (κ2) is 7.85. The molecule has 2 heterocycles. The highest BCUT2D eigenvalue weighted by molar-refractivity contribution is 6.21. The molecular formula is C17H19N5O4. The van der Waals surface area contributed by atoms with E-state index >= 15 is 0 Å². The Balaban J connectivity index is 1.45. The Morgan fingerprint density at radius 1 is 1.12 bits per heavy atom. The molecule has 2 amide bonds. The van der Waals surface area contributed by atoms with Crippen LogP contribution in [0, 0.1) is 0 Å². The molecule has 1 aromatic heterocycles. The lowest BCUT2D eigenvalue weighted by atomic mass is 10.1. The average Bonchev–Trinajstić information content (AvgIpc) is 3.18. The van der Waals surface area contributed by atoms with Crippen LogP contribution in [-0.4, -0.2) is 49.4 Å².